The van der Waals surface area contributed by atoms with Crippen LogP contribution in [0, 0.1) is 5.92 Å². The van der Waals surface area contributed by atoms with Crippen molar-refractivity contribution in [2.75, 3.05) is 19.6 Å². The molecule has 3 atom stereocenters. The van der Waals surface area contributed by atoms with Gasteiger partial charge >= 0.3 is 6.18 Å². The summed E-state index contributed by atoms with van der Waals surface area (Å²) in [5.74, 6) is 0.657. The summed E-state index contributed by atoms with van der Waals surface area (Å²) in [5.41, 5.74) is 1.12. The smallest absolute Gasteiger partial charge is 0.391 e. The number of fused-ring (bicyclic) bond motifs is 4. The molecule has 7 heteroatoms. The lowest BCUT2D eigenvalue weighted by Crippen LogP contribution is -2.49. The minimum atomic E-state index is -4.35. The first-order valence-corrected chi connectivity index (χ1v) is 9.56. The van der Waals surface area contributed by atoms with Crippen LogP contribution in [0.4, 0.5) is 13.2 Å². The number of likely N-dealkylation sites (tertiary alicyclic amines) is 1. The number of aliphatic hydroxyl groups is 1. The first-order valence-electron chi connectivity index (χ1n) is 9.56. The van der Waals surface area contributed by atoms with E-state index in [1.807, 2.05) is 10.6 Å². The lowest BCUT2D eigenvalue weighted by Gasteiger charge is -2.43. The van der Waals surface area contributed by atoms with Gasteiger partial charge in [0.25, 0.3) is 5.56 Å². The van der Waals surface area contributed by atoms with Crippen LogP contribution in [0.2, 0.25) is 0 Å². The Kier molecular flexibility index (Phi) is 5.05. The van der Waals surface area contributed by atoms with Gasteiger partial charge in [0.05, 0.1) is 11.7 Å². The third kappa shape index (κ3) is 4.00. The highest BCUT2D eigenvalue weighted by molar-refractivity contribution is 5.25. The van der Waals surface area contributed by atoms with Crippen LogP contribution >= 0.6 is 0 Å². The highest BCUT2D eigenvalue weighted by Crippen LogP contribution is 2.35. The fourth-order valence-corrected chi connectivity index (χ4v) is 4.61. The second kappa shape index (κ2) is 7.37. The number of hydrogen-bond donors (Lipinski definition) is 1. The van der Waals surface area contributed by atoms with Crippen LogP contribution in [0.3, 0.4) is 0 Å². The monoisotopic (exact) mass is 392 g/mol. The molecule has 2 aliphatic rings. The number of rotatable bonds is 4. The van der Waals surface area contributed by atoms with Crippen molar-refractivity contribution in [3.05, 3.63) is 69.6 Å². The van der Waals surface area contributed by atoms with E-state index >= 15 is 0 Å². The molecule has 0 saturated carbocycles. The Balaban J connectivity index is 1.38. The molecule has 1 aromatic carbocycles. The van der Waals surface area contributed by atoms with E-state index in [9.17, 15) is 23.1 Å². The zero-order chi connectivity index (χ0) is 19.9. The van der Waals surface area contributed by atoms with E-state index in [2.05, 4.69) is 4.90 Å². The van der Waals surface area contributed by atoms with Crippen LogP contribution in [0.25, 0.3) is 0 Å². The highest BCUT2D eigenvalue weighted by atomic mass is 19.4. The summed E-state index contributed by atoms with van der Waals surface area (Å²) >= 11 is 0. The van der Waals surface area contributed by atoms with Gasteiger partial charge in [-0.05, 0) is 42.5 Å². The Morgan fingerprint density at radius 3 is 2.54 bits per heavy atom. The number of halogens is 3. The molecule has 4 rings (SSSR count). The molecule has 2 bridgehead atoms. The zero-order valence-electron chi connectivity index (χ0n) is 15.4. The van der Waals surface area contributed by atoms with Gasteiger partial charge in [-0.15, -0.1) is 0 Å². The molecule has 0 radical (unpaired) electrons. The normalized spacial score (nSPS) is 23.3. The Labute approximate surface area is 161 Å². The van der Waals surface area contributed by atoms with Gasteiger partial charge in [0, 0.05) is 43.9 Å². The Hall–Kier alpha value is -2.12. The van der Waals surface area contributed by atoms with E-state index in [0.717, 1.165) is 37.3 Å². The van der Waals surface area contributed by atoms with Crippen molar-refractivity contribution in [2.24, 2.45) is 5.92 Å². The molecule has 2 aromatic rings. The predicted molar refractivity (Wildman–Crippen MR) is 99.1 cm³/mol. The largest absolute Gasteiger partial charge is 0.416 e. The highest BCUT2D eigenvalue weighted by Gasteiger charge is 2.35. The summed E-state index contributed by atoms with van der Waals surface area (Å²) < 4.78 is 39.8. The number of aliphatic hydroxyl groups excluding tert-OH is 1. The summed E-state index contributed by atoms with van der Waals surface area (Å²) in [6.07, 6.45) is -3.62. The van der Waals surface area contributed by atoms with Crippen molar-refractivity contribution in [1.29, 1.82) is 0 Å². The van der Waals surface area contributed by atoms with Crippen LogP contribution in [0.1, 0.15) is 29.2 Å². The standard InChI is InChI=1S/C21H23F3N2O2/c22-21(23,24)17-6-4-14(5-7-17)9-18(27)13-25-10-15-8-16(12-25)19-2-1-3-20(28)26(19)11-15/h1-7,15-16,18,27H,8-13H2/t15-,16+,18?/m0/s1. The maximum atomic E-state index is 12.7. The van der Waals surface area contributed by atoms with E-state index in [-0.39, 0.29) is 11.5 Å². The van der Waals surface area contributed by atoms with Crippen LogP contribution in [-0.2, 0) is 19.1 Å². The molecule has 2 aliphatic heterocycles. The van der Waals surface area contributed by atoms with Crippen molar-refractivity contribution in [1.82, 2.24) is 9.47 Å². The molecular formula is C21H23F3N2O2. The van der Waals surface area contributed by atoms with Gasteiger partial charge in [0.1, 0.15) is 0 Å². The van der Waals surface area contributed by atoms with E-state index < -0.39 is 17.8 Å². The van der Waals surface area contributed by atoms with Crippen molar-refractivity contribution in [2.45, 2.75) is 37.6 Å². The van der Waals surface area contributed by atoms with Crippen molar-refractivity contribution >= 4 is 0 Å². The molecule has 0 aliphatic carbocycles. The van der Waals surface area contributed by atoms with E-state index in [4.69, 9.17) is 0 Å². The van der Waals surface area contributed by atoms with Crippen molar-refractivity contribution in [3.8, 4) is 0 Å². The van der Waals surface area contributed by atoms with Gasteiger partial charge in [-0.1, -0.05) is 18.2 Å². The van der Waals surface area contributed by atoms with E-state index in [1.165, 1.54) is 12.1 Å². The fraction of sp³-hybridized carbons (Fsp3) is 0.476. The summed E-state index contributed by atoms with van der Waals surface area (Å²) in [6.45, 7) is 2.79. The number of pyridine rings is 1. The van der Waals surface area contributed by atoms with E-state index in [0.29, 0.717) is 31.0 Å². The number of hydrogen-bond acceptors (Lipinski definition) is 3. The maximum absolute atomic E-state index is 12.7. The first-order chi connectivity index (χ1) is 13.3. The molecule has 28 heavy (non-hydrogen) atoms. The second-order valence-corrected chi connectivity index (χ2v) is 7.97. The fourth-order valence-electron chi connectivity index (χ4n) is 4.61. The predicted octanol–water partition coefficient (Wildman–Crippen LogP) is 2.89. The third-order valence-corrected chi connectivity index (χ3v) is 5.78. The number of β-amino-alcohol motifs (C(OH)–C–C–N with tert-alkyl or cyclic N) is 1. The number of nitrogens with zero attached hydrogens (tertiary/aromatic N) is 2. The lowest BCUT2D eigenvalue weighted by atomic mass is 9.83. The minimum absolute atomic E-state index is 0.0444. The summed E-state index contributed by atoms with van der Waals surface area (Å²) in [4.78, 5) is 14.3. The third-order valence-electron chi connectivity index (χ3n) is 5.78. The molecule has 1 aromatic heterocycles. The average Bonchev–Trinajstić information content (AvgIpc) is 2.62. The van der Waals surface area contributed by atoms with Gasteiger partial charge in [-0.2, -0.15) is 13.2 Å². The minimum Gasteiger partial charge on any atom is -0.391 e. The number of aromatic nitrogens is 1. The first kappa shape index (κ1) is 19.2. The van der Waals surface area contributed by atoms with Gasteiger partial charge in [0.2, 0.25) is 0 Å². The quantitative estimate of drug-likeness (QED) is 0.870. The molecule has 1 N–H and O–H groups in total. The molecule has 150 valence electrons. The summed E-state index contributed by atoms with van der Waals surface area (Å²) in [5, 5.41) is 10.5. The SMILES string of the molecule is O=c1cccc2n1C[C@H]1C[C@@H]2CN(CC(O)Cc2ccc(C(F)(F)F)cc2)C1. The number of piperidine rings is 1. The summed E-state index contributed by atoms with van der Waals surface area (Å²) in [7, 11) is 0. The number of benzene rings is 1. The molecule has 0 spiro atoms. The molecule has 1 unspecified atom stereocenters. The molecule has 1 saturated heterocycles. The Morgan fingerprint density at radius 2 is 1.82 bits per heavy atom. The second-order valence-electron chi connectivity index (χ2n) is 7.97. The molecule has 1 fully saturated rings. The van der Waals surface area contributed by atoms with E-state index in [1.54, 1.807) is 12.1 Å². The maximum Gasteiger partial charge on any atom is 0.416 e. The molecule has 0 amide bonds. The Bertz CT molecular complexity index is 892. The topological polar surface area (TPSA) is 45.5 Å². The Morgan fingerprint density at radius 1 is 1.07 bits per heavy atom. The van der Waals surface area contributed by atoms with Gasteiger partial charge in [-0.25, -0.2) is 0 Å². The van der Waals surface area contributed by atoms with Crippen molar-refractivity contribution in [3.63, 3.8) is 0 Å². The van der Waals surface area contributed by atoms with Gasteiger partial charge < -0.3 is 9.67 Å². The lowest BCUT2D eigenvalue weighted by molar-refractivity contribution is -0.137. The van der Waals surface area contributed by atoms with Gasteiger partial charge in [-0.3, -0.25) is 9.69 Å². The zero-order valence-corrected chi connectivity index (χ0v) is 15.4. The van der Waals surface area contributed by atoms with Crippen LogP contribution in [0.15, 0.2) is 47.3 Å². The average molecular weight is 392 g/mol. The summed E-state index contributed by atoms with van der Waals surface area (Å²) in [6, 6.07) is 10.4. The van der Waals surface area contributed by atoms with Crippen LogP contribution < -0.4 is 5.56 Å². The molecule has 3 heterocycles. The molecular weight excluding hydrogens is 369 g/mol. The number of alkyl halides is 3. The molecule has 4 nitrogen and oxygen atoms in total. The van der Waals surface area contributed by atoms with Crippen molar-refractivity contribution < 1.29 is 18.3 Å². The van der Waals surface area contributed by atoms with Crippen LogP contribution in [-0.4, -0.2) is 40.3 Å². The van der Waals surface area contributed by atoms with Crippen LogP contribution in [0.5, 0.6) is 0 Å². The van der Waals surface area contributed by atoms with Gasteiger partial charge in [0.15, 0.2) is 0 Å².